The summed E-state index contributed by atoms with van der Waals surface area (Å²) < 4.78 is 6.47. The lowest BCUT2D eigenvalue weighted by atomic mass is 10.4. The molecule has 4 nitrogen and oxygen atoms in total. The van der Waals surface area contributed by atoms with E-state index in [2.05, 4.69) is 5.43 Å². The van der Waals surface area contributed by atoms with Crippen LogP contribution in [0.15, 0.2) is 30.6 Å². The van der Waals surface area contributed by atoms with E-state index in [1.54, 1.807) is 17.1 Å². The van der Waals surface area contributed by atoms with Crippen LogP contribution in [0.4, 0.5) is 4.79 Å². The Kier molecular flexibility index (Phi) is 4.47. The maximum absolute atomic E-state index is 11.1. The zero-order valence-corrected chi connectivity index (χ0v) is 8.27. The minimum absolute atomic E-state index is 0.422. The van der Waals surface area contributed by atoms with E-state index in [4.69, 9.17) is 4.74 Å². The summed E-state index contributed by atoms with van der Waals surface area (Å²) in [4.78, 5) is 11.1. The Morgan fingerprint density at radius 3 is 2.71 bits per heavy atom. The first kappa shape index (κ1) is 10.5. The molecule has 0 saturated carbocycles. The van der Waals surface area contributed by atoms with Gasteiger partial charge in [0.15, 0.2) is 12.4 Å². The van der Waals surface area contributed by atoms with Crippen molar-refractivity contribution in [2.75, 3.05) is 12.0 Å². The van der Waals surface area contributed by atoms with Crippen molar-refractivity contribution in [3.05, 3.63) is 30.6 Å². The lowest BCUT2D eigenvalue weighted by Crippen LogP contribution is -2.47. The molecule has 1 rings (SSSR count). The number of hydrogen-bond acceptors (Lipinski definition) is 2. The maximum Gasteiger partial charge on any atom is 0.461 e. The molecule has 1 aromatic rings. The third-order valence-electron chi connectivity index (χ3n) is 1.67. The predicted octanol–water partition coefficient (Wildman–Crippen LogP) is 1.45. The van der Waals surface area contributed by atoms with Crippen LogP contribution in [0.3, 0.4) is 0 Å². The molecule has 1 aromatic heterocycles. The van der Waals surface area contributed by atoms with E-state index < -0.39 is 6.09 Å². The van der Waals surface area contributed by atoms with Crippen LogP contribution >= 0.6 is 0 Å². The highest BCUT2D eigenvalue weighted by molar-refractivity contribution is 5.73. The number of nitrogens with zero attached hydrogens (tertiary/aromatic N) is 1. The van der Waals surface area contributed by atoms with Crippen LogP contribution in [0.1, 0.15) is 19.8 Å². The number of nitrogens with one attached hydrogen (secondary N) is 1. The number of ether oxygens (including phenoxy) is 1. The topological polar surface area (TPSA) is 42.2 Å². The number of unbranched alkanes of at least 4 members (excludes halogenated alkanes) is 1. The van der Waals surface area contributed by atoms with Gasteiger partial charge in [-0.05, 0) is 6.42 Å². The first-order valence-corrected chi connectivity index (χ1v) is 4.73. The van der Waals surface area contributed by atoms with Gasteiger partial charge in [0.25, 0.3) is 0 Å². The van der Waals surface area contributed by atoms with Gasteiger partial charge in [-0.2, -0.15) is 0 Å². The fourth-order valence-electron chi connectivity index (χ4n) is 0.920. The van der Waals surface area contributed by atoms with Crippen LogP contribution in [0.2, 0.25) is 0 Å². The normalized spacial score (nSPS) is 9.50. The van der Waals surface area contributed by atoms with Gasteiger partial charge in [0, 0.05) is 12.1 Å². The van der Waals surface area contributed by atoms with Gasteiger partial charge < -0.3 is 4.74 Å². The van der Waals surface area contributed by atoms with Crippen LogP contribution in [-0.2, 0) is 4.74 Å². The number of carbonyl (C=O) groups excluding carboxylic acids is 1. The van der Waals surface area contributed by atoms with Gasteiger partial charge in [0.1, 0.15) is 0 Å². The Morgan fingerprint density at radius 1 is 1.36 bits per heavy atom. The highest BCUT2D eigenvalue weighted by atomic mass is 16.6. The van der Waals surface area contributed by atoms with Crippen LogP contribution in [0, 0.1) is 0 Å². The van der Waals surface area contributed by atoms with Gasteiger partial charge in [0.2, 0.25) is 0 Å². The Bertz CT molecular complexity index is 275. The minimum Gasteiger partial charge on any atom is -0.446 e. The van der Waals surface area contributed by atoms with E-state index in [-0.39, 0.29) is 0 Å². The average Bonchev–Trinajstić information content (AvgIpc) is 2.20. The monoisotopic (exact) mass is 195 g/mol. The van der Waals surface area contributed by atoms with Crippen molar-refractivity contribution in [3.63, 3.8) is 0 Å². The molecule has 0 aliphatic heterocycles. The number of hydrogen-bond donors (Lipinski definition) is 1. The number of pyridine rings is 1. The van der Waals surface area contributed by atoms with Gasteiger partial charge in [-0.1, -0.05) is 29.5 Å². The molecule has 0 aliphatic carbocycles. The van der Waals surface area contributed by atoms with E-state index in [0.717, 1.165) is 12.8 Å². The summed E-state index contributed by atoms with van der Waals surface area (Å²) in [5, 5.41) is 0. The van der Waals surface area contributed by atoms with E-state index in [0.29, 0.717) is 6.61 Å². The van der Waals surface area contributed by atoms with Crippen molar-refractivity contribution in [2.45, 2.75) is 19.8 Å². The van der Waals surface area contributed by atoms with Crippen molar-refractivity contribution in [3.8, 4) is 0 Å². The van der Waals surface area contributed by atoms with E-state index in [9.17, 15) is 4.79 Å². The minimum atomic E-state index is -0.422. The highest BCUT2D eigenvalue weighted by Gasteiger charge is 2.06. The third kappa shape index (κ3) is 3.89. The summed E-state index contributed by atoms with van der Waals surface area (Å²) in [6.07, 6.45) is 4.97. The molecule has 1 heterocycles. The van der Waals surface area contributed by atoms with Crippen molar-refractivity contribution in [1.29, 1.82) is 0 Å². The molecule has 0 fully saturated rings. The second-order valence-corrected chi connectivity index (χ2v) is 2.88. The fraction of sp³-hybridized carbons (Fsp3) is 0.400. The van der Waals surface area contributed by atoms with Crippen LogP contribution in [0.5, 0.6) is 0 Å². The van der Waals surface area contributed by atoms with Gasteiger partial charge in [0.05, 0.1) is 6.61 Å². The summed E-state index contributed by atoms with van der Waals surface area (Å²) >= 11 is 0. The molecular formula is C10H15N2O2+. The highest BCUT2D eigenvalue weighted by Crippen LogP contribution is 1.87. The zero-order chi connectivity index (χ0) is 10.2. The quantitative estimate of drug-likeness (QED) is 0.583. The zero-order valence-electron chi connectivity index (χ0n) is 8.27. The maximum atomic E-state index is 11.1. The van der Waals surface area contributed by atoms with Crippen molar-refractivity contribution in [1.82, 2.24) is 0 Å². The smallest absolute Gasteiger partial charge is 0.446 e. The van der Waals surface area contributed by atoms with Crippen molar-refractivity contribution >= 4 is 6.09 Å². The van der Waals surface area contributed by atoms with Gasteiger partial charge in [-0.25, -0.2) is 4.79 Å². The molecule has 0 radical (unpaired) electrons. The molecule has 1 N–H and O–H groups in total. The molecule has 1 amide bonds. The Hall–Kier alpha value is -1.58. The summed E-state index contributed by atoms with van der Waals surface area (Å²) in [5.41, 5.74) is 2.56. The fourth-order valence-corrected chi connectivity index (χ4v) is 0.920. The summed E-state index contributed by atoms with van der Waals surface area (Å²) in [7, 11) is 0. The summed E-state index contributed by atoms with van der Waals surface area (Å²) in [6.45, 7) is 2.52. The molecule has 0 unspecified atom stereocenters. The molecule has 14 heavy (non-hydrogen) atoms. The SMILES string of the molecule is CCCCOC(=O)N[n+]1ccccc1. The molecule has 76 valence electrons. The second kappa shape index (κ2) is 5.96. The largest absolute Gasteiger partial charge is 0.461 e. The van der Waals surface area contributed by atoms with E-state index in [1.165, 1.54) is 0 Å². The summed E-state index contributed by atoms with van der Waals surface area (Å²) in [6, 6.07) is 5.53. The standard InChI is InChI=1S/C10H14N2O2/c1-2-3-9-14-10(13)11-12-7-5-4-6-8-12/h4-8H,2-3,9H2,1H3/p+1. The molecule has 0 aromatic carbocycles. The Morgan fingerprint density at radius 2 is 2.07 bits per heavy atom. The molecule has 4 heteroatoms. The van der Waals surface area contributed by atoms with Gasteiger partial charge in [-0.3, -0.25) is 0 Å². The molecule has 0 bridgehead atoms. The van der Waals surface area contributed by atoms with Gasteiger partial charge >= 0.3 is 6.09 Å². The second-order valence-electron chi connectivity index (χ2n) is 2.88. The van der Waals surface area contributed by atoms with E-state index in [1.807, 2.05) is 25.1 Å². The number of aromatic nitrogens is 1. The predicted molar refractivity (Wildman–Crippen MR) is 52.3 cm³/mol. The van der Waals surface area contributed by atoms with Crippen LogP contribution < -0.4 is 10.1 Å². The Labute approximate surface area is 83.5 Å². The van der Waals surface area contributed by atoms with Gasteiger partial charge in [-0.15, -0.1) is 0 Å². The Balaban J connectivity index is 2.27. The van der Waals surface area contributed by atoms with Crippen LogP contribution in [-0.4, -0.2) is 12.7 Å². The lowest BCUT2D eigenvalue weighted by molar-refractivity contribution is -0.642. The van der Waals surface area contributed by atoms with Crippen molar-refractivity contribution in [2.24, 2.45) is 0 Å². The first-order chi connectivity index (χ1) is 6.83. The first-order valence-electron chi connectivity index (χ1n) is 4.73. The average molecular weight is 195 g/mol. The van der Waals surface area contributed by atoms with Crippen molar-refractivity contribution < 1.29 is 14.2 Å². The molecule has 0 aliphatic rings. The number of carbonyl (C=O) groups is 1. The van der Waals surface area contributed by atoms with Crippen LogP contribution in [0.25, 0.3) is 0 Å². The molecular weight excluding hydrogens is 180 g/mol. The van der Waals surface area contributed by atoms with E-state index >= 15 is 0 Å². The number of amides is 1. The molecule has 0 saturated heterocycles. The molecule has 0 atom stereocenters. The molecule has 0 spiro atoms. The lowest BCUT2D eigenvalue weighted by Gasteiger charge is -2.01. The third-order valence-corrected chi connectivity index (χ3v) is 1.67. The summed E-state index contributed by atoms with van der Waals surface area (Å²) in [5.74, 6) is 0. The number of rotatable bonds is 4.